The minimum absolute atomic E-state index is 0.0228. The molecule has 0 aliphatic heterocycles. The van der Waals surface area contributed by atoms with Gasteiger partial charge in [0.2, 0.25) is 6.79 Å². The van der Waals surface area contributed by atoms with Crippen molar-refractivity contribution in [2.24, 2.45) is 11.8 Å². The number of hydrogen-bond donors (Lipinski definition) is 1. The molecule has 1 aromatic carbocycles. The van der Waals surface area contributed by atoms with Crippen molar-refractivity contribution in [3.05, 3.63) is 53.1 Å². The maximum atomic E-state index is 14.7. The van der Waals surface area contributed by atoms with E-state index >= 15 is 0 Å². The summed E-state index contributed by atoms with van der Waals surface area (Å²) in [5.41, 5.74) is 1.09. The lowest BCUT2D eigenvalue weighted by atomic mass is 9.83. The summed E-state index contributed by atoms with van der Waals surface area (Å²) in [5.74, 6) is -2.89. The van der Waals surface area contributed by atoms with E-state index < -0.39 is 42.7 Å². The van der Waals surface area contributed by atoms with E-state index in [1.165, 1.54) is 32.4 Å². The smallest absolute Gasteiger partial charge is 0.328 e. The Balaban J connectivity index is 2.13. The molecule has 0 fully saturated rings. The second-order valence-electron chi connectivity index (χ2n) is 9.70. The normalized spacial score (nSPS) is 13.4. The summed E-state index contributed by atoms with van der Waals surface area (Å²) < 4.78 is 36.1. The Kier molecular flexibility index (Phi) is 11.0. The lowest BCUT2D eigenvalue weighted by molar-refractivity contribution is -0.154. The van der Waals surface area contributed by atoms with Gasteiger partial charge in [-0.1, -0.05) is 39.8 Å². The Bertz CT molecular complexity index is 1140. The third-order valence-corrected chi connectivity index (χ3v) is 5.92. The molecule has 9 nitrogen and oxygen atoms in total. The molecule has 1 heterocycles. The van der Waals surface area contributed by atoms with Crippen molar-refractivity contribution < 1.29 is 37.7 Å². The van der Waals surface area contributed by atoms with Crippen molar-refractivity contribution in [2.75, 3.05) is 13.9 Å². The van der Waals surface area contributed by atoms with Gasteiger partial charge >= 0.3 is 11.9 Å². The summed E-state index contributed by atoms with van der Waals surface area (Å²) in [7, 11) is 1.38. The lowest BCUT2D eigenvalue weighted by Crippen LogP contribution is -2.42. The largest absolute Gasteiger partial charge is 0.493 e. The number of methoxy groups -OCH3 is 1. The zero-order valence-electron chi connectivity index (χ0n) is 23.2. The third-order valence-electron chi connectivity index (χ3n) is 5.92. The van der Waals surface area contributed by atoms with Crippen LogP contribution in [-0.2, 0) is 19.1 Å². The van der Waals surface area contributed by atoms with E-state index in [2.05, 4.69) is 10.3 Å². The molecule has 38 heavy (non-hydrogen) atoms. The summed E-state index contributed by atoms with van der Waals surface area (Å²) in [6, 6.07) is 5.40. The molecule has 208 valence electrons. The zero-order chi connectivity index (χ0) is 28.6. The van der Waals surface area contributed by atoms with E-state index in [9.17, 15) is 18.8 Å². The topological polar surface area (TPSA) is 113 Å². The van der Waals surface area contributed by atoms with E-state index in [-0.39, 0.29) is 34.8 Å². The number of esters is 2. The van der Waals surface area contributed by atoms with Crippen LogP contribution in [0.3, 0.4) is 0 Å². The first-order valence-corrected chi connectivity index (χ1v) is 12.5. The molecule has 0 radical (unpaired) electrons. The lowest BCUT2D eigenvalue weighted by Gasteiger charge is -2.29. The van der Waals surface area contributed by atoms with Crippen molar-refractivity contribution in [1.82, 2.24) is 10.3 Å². The Morgan fingerprint density at radius 3 is 2.29 bits per heavy atom. The van der Waals surface area contributed by atoms with E-state index in [4.69, 9.17) is 18.9 Å². The number of aryl methyl sites for hydroxylation is 1. The molecule has 0 aliphatic rings. The summed E-state index contributed by atoms with van der Waals surface area (Å²) in [4.78, 5) is 41.7. The molecule has 2 rings (SSSR count). The van der Waals surface area contributed by atoms with Crippen LogP contribution in [0.2, 0.25) is 0 Å². The van der Waals surface area contributed by atoms with Crippen LogP contribution in [0.5, 0.6) is 11.5 Å². The number of halogens is 1. The van der Waals surface area contributed by atoms with Crippen molar-refractivity contribution in [3.63, 3.8) is 0 Å². The number of nitrogens with one attached hydrogen (secondary N) is 1. The highest BCUT2D eigenvalue weighted by Gasteiger charge is 2.31. The molecule has 1 N–H and O–H groups in total. The van der Waals surface area contributed by atoms with Gasteiger partial charge in [0, 0.05) is 18.2 Å². The first kappa shape index (κ1) is 30.5. The number of hydrogen-bond acceptors (Lipinski definition) is 8. The molecule has 0 aliphatic carbocycles. The van der Waals surface area contributed by atoms with Crippen molar-refractivity contribution in [2.45, 2.75) is 66.5 Å². The van der Waals surface area contributed by atoms with Crippen LogP contribution in [0.25, 0.3) is 0 Å². The van der Waals surface area contributed by atoms with Crippen molar-refractivity contribution in [3.8, 4) is 11.5 Å². The Morgan fingerprint density at radius 2 is 1.71 bits per heavy atom. The summed E-state index contributed by atoms with van der Waals surface area (Å²) in [6.07, 6.45) is 0.679. The summed E-state index contributed by atoms with van der Waals surface area (Å²) in [5, 5.41) is 2.54. The fourth-order valence-electron chi connectivity index (χ4n) is 3.94. The zero-order valence-corrected chi connectivity index (χ0v) is 23.2. The van der Waals surface area contributed by atoms with Crippen molar-refractivity contribution >= 4 is 17.8 Å². The molecule has 2 aromatic rings. The second-order valence-corrected chi connectivity index (χ2v) is 9.70. The minimum atomic E-state index is -1.06. The number of carbonyl (C=O) groups is 3. The van der Waals surface area contributed by atoms with Crippen LogP contribution in [0.15, 0.2) is 30.5 Å². The highest BCUT2D eigenvalue weighted by atomic mass is 19.1. The Hall–Kier alpha value is -3.69. The fourth-order valence-corrected chi connectivity index (χ4v) is 3.94. The highest BCUT2D eigenvalue weighted by Crippen LogP contribution is 2.32. The fraction of sp³-hybridized carbons (Fsp3) is 0.500. The maximum absolute atomic E-state index is 14.7. The van der Waals surface area contributed by atoms with Gasteiger partial charge in [-0.05, 0) is 43.9 Å². The number of aromatic nitrogens is 1. The molecule has 1 aromatic heterocycles. The molecule has 0 saturated heterocycles. The van der Waals surface area contributed by atoms with Gasteiger partial charge in [0.1, 0.15) is 18.0 Å². The van der Waals surface area contributed by atoms with Gasteiger partial charge in [0.15, 0.2) is 17.2 Å². The minimum Gasteiger partial charge on any atom is -0.493 e. The number of pyridine rings is 1. The Morgan fingerprint density at radius 1 is 1.03 bits per heavy atom. The van der Waals surface area contributed by atoms with Gasteiger partial charge in [0.05, 0.1) is 13.0 Å². The van der Waals surface area contributed by atoms with E-state index in [1.807, 2.05) is 19.9 Å². The number of ether oxygens (including phenoxy) is 4. The summed E-state index contributed by atoms with van der Waals surface area (Å²) in [6.45, 7) is 11.7. The van der Waals surface area contributed by atoms with Gasteiger partial charge in [-0.2, -0.15) is 0 Å². The van der Waals surface area contributed by atoms with Crippen LogP contribution in [0.1, 0.15) is 69.1 Å². The second kappa shape index (κ2) is 13.7. The average molecular weight is 533 g/mol. The molecule has 1 unspecified atom stereocenters. The number of amides is 1. The molecular weight excluding hydrogens is 495 g/mol. The molecule has 1 amide bonds. The number of nitrogens with zero attached hydrogens (tertiary/aromatic N) is 1. The van der Waals surface area contributed by atoms with Crippen LogP contribution in [-0.4, -0.2) is 48.9 Å². The number of carbonyl (C=O) groups excluding carboxylic acids is 3. The third kappa shape index (κ3) is 7.90. The molecule has 3 atom stereocenters. The first-order valence-electron chi connectivity index (χ1n) is 12.5. The van der Waals surface area contributed by atoms with E-state index in [1.54, 1.807) is 33.8 Å². The van der Waals surface area contributed by atoms with Crippen LogP contribution in [0.4, 0.5) is 4.39 Å². The van der Waals surface area contributed by atoms with Gasteiger partial charge in [0.25, 0.3) is 5.91 Å². The molecule has 0 spiro atoms. The predicted octanol–water partition coefficient (Wildman–Crippen LogP) is 4.56. The van der Waals surface area contributed by atoms with Gasteiger partial charge in [-0.3, -0.25) is 9.59 Å². The SMILES string of the molecule is COc1ccnc(C(=O)N[C@@H](C)C(=O)OC(C)[C@H](c2ccc(C)cc2F)C(C)C)c1OCOC(=O)C(C)C. The van der Waals surface area contributed by atoms with Gasteiger partial charge < -0.3 is 24.3 Å². The predicted molar refractivity (Wildman–Crippen MR) is 138 cm³/mol. The van der Waals surface area contributed by atoms with Crippen LogP contribution >= 0.6 is 0 Å². The van der Waals surface area contributed by atoms with Crippen LogP contribution < -0.4 is 14.8 Å². The maximum Gasteiger partial charge on any atom is 0.328 e. The molecule has 0 bridgehead atoms. The van der Waals surface area contributed by atoms with Gasteiger partial charge in [-0.15, -0.1) is 0 Å². The van der Waals surface area contributed by atoms with Crippen molar-refractivity contribution in [1.29, 1.82) is 0 Å². The monoisotopic (exact) mass is 532 g/mol. The Labute approximate surface area is 223 Å². The van der Waals surface area contributed by atoms with E-state index in [0.717, 1.165) is 5.56 Å². The quantitative estimate of drug-likeness (QED) is 0.313. The highest BCUT2D eigenvalue weighted by molar-refractivity contribution is 5.98. The number of rotatable bonds is 12. The van der Waals surface area contributed by atoms with Crippen LogP contribution in [0, 0.1) is 24.6 Å². The van der Waals surface area contributed by atoms with E-state index in [0.29, 0.717) is 5.56 Å². The standard InChI is InChI=1S/C28H37FN2O7/c1-15(2)23(20-10-9-17(5)13-21(20)29)19(7)38-28(34)18(6)31-26(32)24-25(22(35-8)11-12-30-24)36-14-37-27(33)16(3)4/h9-13,15-16,18-19,23H,14H2,1-8H3,(H,31,32)/t18-,19?,23+/m0/s1. The molecule has 0 saturated carbocycles. The summed E-state index contributed by atoms with van der Waals surface area (Å²) >= 11 is 0. The average Bonchev–Trinajstić information content (AvgIpc) is 2.84. The number of benzene rings is 1. The molecule has 10 heteroatoms. The first-order chi connectivity index (χ1) is 17.9. The van der Waals surface area contributed by atoms with Gasteiger partial charge in [-0.25, -0.2) is 14.2 Å². The molecular formula is C28H37FN2O7.